The van der Waals surface area contributed by atoms with Crippen LogP contribution in [0.3, 0.4) is 0 Å². The predicted octanol–water partition coefficient (Wildman–Crippen LogP) is -0.837. The van der Waals surface area contributed by atoms with Crippen molar-refractivity contribution in [3.8, 4) is 0 Å². The van der Waals surface area contributed by atoms with Crippen molar-refractivity contribution in [3.05, 3.63) is 24.3 Å². The zero-order valence-electron chi connectivity index (χ0n) is 13.0. The third-order valence-electron chi connectivity index (χ3n) is 2.72. The Morgan fingerprint density at radius 1 is 1.00 bits per heavy atom. The minimum absolute atomic E-state index is 0.214. The Morgan fingerprint density at radius 2 is 1.44 bits per heavy atom. The molecule has 2 unspecified atom stereocenters. The first-order chi connectivity index (χ1) is 11.7. The molecule has 0 spiro atoms. The number of urea groups is 1. The van der Waals surface area contributed by atoms with Gasteiger partial charge < -0.3 is 0 Å². The van der Waals surface area contributed by atoms with Gasteiger partial charge in [-0.2, -0.15) is 0 Å². The number of nitrogens with two attached hydrogens (primary N) is 3. The molecule has 0 aliphatic carbocycles. The number of anilines is 1. The number of primary amides is 1. The molecule has 0 bridgehead atoms. The molecule has 138 valence electrons. The average Bonchev–Trinajstić information content (AvgIpc) is 2.54. The Kier molecular flexibility index (Phi) is 9.15. The summed E-state index contributed by atoms with van der Waals surface area (Å²) < 4.78 is 0.952. The minimum atomic E-state index is -1.92. The van der Waals surface area contributed by atoms with Crippen molar-refractivity contribution in [2.75, 3.05) is 16.8 Å². The van der Waals surface area contributed by atoms with E-state index in [9.17, 15) is 14.4 Å². The topological polar surface area (TPSA) is 182 Å². The van der Waals surface area contributed by atoms with Crippen LogP contribution in [0.25, 0.3) is 0 Å². The summed E-state index contributed by atoms with van der Waals surface area (Å²) in [5.41, 5.74) is 16.7. The van der Waals surface area contributed by atoms with E-state index in [-0.39, 0.29) is 11.5 Å². The van der Waals surface area contributed by atoms with Gasteiger partial charge in [0.25, 0.3) is 0 Å². The number of amides is 2. The van der Waals surface area contributed by atoms with Crippen LogP contribution in [-0.2, 0) is 9.59 Å². The van der Waals surface area contributed by atoms with E-state index in [2.05, 4.69) is 5.32 Å². The maximum absolute atomic E-state index is 10.9. The van der Waals surface area contributed by atoms with Gasteiger partial charge in [-0.05, 0) is 0 Å². The Morgan fingerprint density at radius 3 is 1.80 bits per heavy atom. The fraction of sp³-hybridized carbons (Fsp3) is 0.308. The summed E-state index contributed by atoms with van der Waals surface area (Å²) in [5, 5.41) is 20.2. The summed E-state index contributed by atoms with van der Waals surface area (Å²) in [6, 6.07) is 4.28. The molecule has 2 atom stereocenters. The van der Waals surface area contributed by atoms with Crippen molar-refractivity contribution >= 4 is 60.4 Å². The molecule has 0 saturated heterocycles. The van der Waals surface area contributed by atoms with E-state index in [1.807, 2.05) is 0 Å². The van der Waals surface area contributed by atoms with Crippen LogP contribution >= 0.6 is 20.0 Å². The molecule has 0 fully saturated rings. The number of carboxylic acid groups (broad SMARTS) is 2. The van der Waals surface area contributed by atoms with Gasteiger partial charge in [0.2, 0.25) is 0 Å². The van der Waals surface area contributed by atoms with Gasteiger partial charge in [-0.15, -0.1) is 0 Å². The summed E-state index contributed by atoms with van der Waals surface area (Å²) in [6.45, 7) is 0. The molecule has 9 nitrogen and oxygen atoms in total. The van der Waals surface area contributed by atoms with Crippen LogP contribution in [0.4, 0.5) is 10.5 Å². The second-order valence-corrected chi connectivity index (χ2v) is 16.4. The summed E-state index contributed by atoms with van der Waals surface area (Å²) in [6.07, 6.45) is 0. The standard InChI is InChI=1S/C13H19AsN4O5S2/c15-9(11(19)20)5-24-14(25-6-10(16)12(21)22)7-1-3-8(4-2-7)18-13(17)23/h1-4,9-10H,5-6,15-16H2,(H,19,20)(H,21,22)(H3,17,18,23). The Bertz CT molecular complexity index is 595. The number of aliphatic carboxylic acids is 2. The SMILES string of the molecule is NC(=O)Nc1ccc([As](SCC(N)C(=O)O)SCC(N)C(=O)O)cc1. The van der Waals surface area contributed by atoms with Crippen molar-refractivity contribution in [1.29, 1.82) is 0 Å². The molecule has 1 rings (SSSR count). The number of benzene rings is 1. The second kappa shape index (κ2) is 10.6. The first kappa shape index (κ1) is 21.7. The van der Waals surface area contributed by atoms with E-state index < -0.39 is 42.4 Å². The molecule has 0 aliphatic rings. The fourth-order valence-corrected chi connectivity index (χ4v) is 13.9. The molecule has 2 amide bonds. The number of carboxylic acids is 2. The first-order valence-corrected chi connectivity index (χ1v) is 14.3. The maximum atomic E-state index is 10.9. The number of carbonyl (C=O) groups excluding carboxylic acids is 1. The summed E-state index contributed by atoms with van der Waals surface area (Å²) in [7, 11) is 2.85. The van der Waals surface area contributed by atoms with E-state index in [0.29, 0.717) is 5.69 Å². The molecule has 0 aromatic heterocycles. The second-order valence-electron chi connectivity index (χ2n) is 4.77. The molecule has 1 aromatic carbocycles. The molecule has 0 saturated carbocycles. The van der Waals surface area contributed by atoms with Gasteiger partial charge in [0.05, 0.1) is 0 Å². The van der Waals surface area contributed by atoms with Crippen molar-refractivity contribution in [2.45, 2.75) is 12.1 Å². The first-order valence-electron chi connectivity index (χ1n) is 6.90. The van der Waals surface area contributed by atoms with E-state index in [1.165, 1.54) is 20.0 Å². The third kappa shape index (κ3) is 8.02. The van der Waals surface area contributed by atoms with Gasteiger partial charge in [0, 0.05) is 0 Å². The summed E-state index contributed by atoms with van der Waals surface area (Å²) in [5.74, 6) is -1.75. The van der Waals surface area contributed by atoms with Crippen LogP contribution in [0.5, 0.6) is 0 Å². The molecule has 0 aliphatic heterocycles. The zero-order valence-corrected chi connectivity index (χ0v) is 16.5. The van der Waals surface area contributed by atoms with Crippen LogP contribution in [0.15, 0.2) is 24.3 Å². The number of hydrogen-bond acceptors (Lipinski definition) is 7. The van der Waals surface area contributed by atoms with Gasteiger partial charge in [0.15, 0.2) is 0 Å². The molecule has 0 radical (unpaired) electrons. The summed E-state index contributed by atoms with van der Waals surface area (Å²) in [4.78, 5) is 32.6. The van der Waals surface area contributed by atoms with Crippen molar-refractivity contribution in [2.24, 2.45) is 17.2 Å². The monoisotopic (exact) mass is 450 g/mol. The molecule has 9 N–H and O–H groups in total. The van der Waals surface area contributed by atoms with Crippen LogP contribution in [-0.4, -0.2) is 64.1 Å². The van der Waals surface area contributed by atoms with Crippen molar-refractivity contribution in [1.82, 2.24) is 0 Å². The van der Waals surface area contributed by atoms with Crippen LogP contribution in [0, 0.1) is 0 Å². The normalized spacial score (nSPS) is 14.3. The Hall–Kier alpha value is -1.39. The van der Waals surface area contributed by atoms with Crippen molar-refractivity contribution < 1.29 is 24.6 Å². The average molecular weight is 450 g/mol. The number of carbonyl (C=O) groups is 3. The number of nitrogens with one attached hydrogen (secondary N) is 1. The molecule has 25 heavy (non-hydrogen) atoms. The fourth-order valence-electron chi connectivity index (χ4n) is 1.43. The van der Waals surface area contributed by atoms with E-state index >= 15 is 0 Å². The van der Waals surface area contributed by atoms with Gasteiger partial charge >= 0.3 is 155 Å². The van der Waals surface area contributed by atoms with Crippen LogP contribution in [0.1, 0.15) is 0 Å². The van der Waals surface area contributed by atoms with Crippen LogP contribution < -0.4 is 26.9 Å². The molecule has 0 heterocycles. The molecular weight excluding hydrogens is 431 g/mol. The molecule has 1 aromatic rings. The zero-order chi connectivity index (χ0) is 19.0. The number of hydrogen-bond donors (Lipinski definition) is 6. The van der Waals surface area contributed by atoms with Gasteiger partial charge in [-0.25, -0.2) is 0 Å². The van der Waals surface area contributed by atoms with Crippen LogP contribution in [0.2, 0.25) is 0 Å². The van der Waals surface area contributed by atoms with E-state index in [0.717, 1.165) is 4.35 Å². The summed E-state index contributed by atoms with van der Waals surface area (Å²) >= 11 is -1.92. The number of rotatable bonds is 10. The van der Waals surface area contributed by atoms with Crippen molar-refractivity contribution in [3.63, 3.8) is 0 Å². The van der Waals surface area contributed by atoms with Gasteiger partial charge in [-0.1, -0.05) is 0 Å². The van der Waals surface area contributed by atoms with E-state index in [1.54, 1.807) is 24.3 Å². The Balaban J connectivity index is 2.82. The predicted molar refractivity (Wildman–Crippen MR) is 101 cm³/mol. The molecule has 12 heteroatoms. The van der Waals surface area contributed by atoms with Gasteiger partial charge in [0.1, 0.15) is 0 Å². The Labute approximate surface area is 155 Å². The quantitative estimate of drug-likeness (QED) is 0.248. The molecular formula is C13H19AsN4O5S2. The van der Waals surface area contributed by atoms with E-state index in [4.69, 9.17) is 27.4 Å². The third-order valence-corrected chi connectivity index (χ3v) is 16.0. The van der Waals surface area contributed by atoms with Gasteiger partial charge in [-0.3, -0.25) is 0 Å².